The number of hydrogen-bond donors (Lipinski definition) is 1. The van der Waals surface area contributed by atoms with E-state index in [2.05, 4.69) is 44.5 Å². The van der Waals surface area contributed by atoms with Crippen LogP contribution in [0.25, 0.3) is 11.5 Å². The van der Waals surface area contributed by atoms with Crippen molar-refractivity contribution in [2.45, 2.75) is 19.8 Å². The highest BCUT2D eigenvalue weighted by Gasteiger charge is 2.13. The van der Waals surface area contributed by atoms with Gasteiger partial charge in [-0.25, -0.2) is 9.97 Å². The van der Waals surface area contributed by atoms with Gasteiger partial charge in [0.2, 0.25) is 0 Å². The number of anilines is 1. The molecule has 0 saturated carbocycles. The van der Waals surface area contributed by atoms with Crippen LogP contribution in [0.2, 0.25) is 5.02 Å². The molecule has 2 heterocycles. The third kappa shape index (κ3) is 2.72. The van der Waals surface area contributed by atoms with Crippen LogP contribution in [0.4, 0.5) is 5.82 Å². The van der Waals surface area contributed by atoms with Gasteiger partial charge in [0.25, 0.3) is 0 Å². The Morgan fingerprint density at radius 2 is 2.17 bits per heavy atom. The predicted octanol–water partition coefficient (Wildman–Crippen LogP) is 3.33. The topological polar surface area (TPSA) is 64.7 Å². The molecule has 2 aromatic heterocycles. The normalized spacial score (nSPS) is 10.6. The Morgan fingerprint density at radius 3 is 2.83 bits per heavy atom. The maximum atomic E-state index is 6.10. The Morgan fingerprint density at radius 1 is 1.39 bits per heavy atom. The molecule has 0 unspecified atom stereocenters. The number of pyridine rings is 1. The number of rotatable bonds is 3. The second kappa shape index (κ2) is 5.79. The summed E-state index contributed by atoms with van der Waals surface area (Å²) in [5, 5.41) is 0.528. The van der Waals surface area contributed by atoms with Gasteiger partial charge in [0, 0.05) is 6.20 Å². The van der Waals surface area contributed by atoms with E-state index in [1.165, 1.54) is 0 Å². The molecule has 2 aromatic rings. The summed E-state index contributed by atoms with van der Waals surface area (Å²) in [6, 6.07) is 3.54. The smallest absolute Gasteiger partial charge is 0.182 e. The van der Waals surface area contributed by atoms with Crippen LogP contribution in [0, 0.1) is 3.57 Å². The lowest BCUT2D eigenvalue weighted by atomic mass is 10.2. The lowest BCUT2D eigenvalue weighted by molar-refractivity contribution is 0.868. The zero-order valence-corrected chi connectivity index (χ0v) is 12.7. The van der Waals surface area contributed by atoms with E-state index in [-0.39, 0.29) is 0 Å². The SMILES string of the molecule is CCCc1nc(-c2ncccc2Cl)nc(N)c1I. The molecular weight excluding hydrogens is 363 g/mol. The first kappa shape index (κ1) is 13.5. The van der Waals surface area contributed by atoms with Crippen molar-refractivity contribution in [3.8, 4) is 11.5 Å². The number of nitrogen functional groups attached to an aromatic ring is 1. The second-order valence-corrected chi connectivity index (χ2v) is 5.26. The van der Waals surface area contributed by atoms with Crippen molar-refractivity contribution < 1.29 is 0 Å². The van der Waals surface area contributed by atoms with E-state index in [1.807, 2.05) is 0 Å². The summed E-state index contributed by atoms with van der Waals surface area (Å²) in [6.07, 6.45) is 3.53. The molecule has 0 aliphatic rings. The maximum absolute atomic E-state index is 6.10. The Hall–Kier alpha value is -0.950. The fourth-order valence-corrected chi connectivity index (χ4v) is 2.29. The fraction of sp³-hybridized carbons (Fsp3) is 0.250. The number of hydrogen-bond acceptors (Lipinski definition) is 4. The van der Waals surface area contributed by atoms with Crippen LogP contribution in [0.3, 0.4) is 0 Å². The minimum atomic E-state index is 0.478. The van der Waals surface area contributed by atoms with Crippen molar-refractivity contribution >= 4 is 40.0 Å². The fourth-order valence-electron chi connectivity index (χ4n) is 1.57. The first-order valence-electron chi connectivity index (χ1n) is 5.56. The molecule has 0 atom stereocenters. The van der Waals surface area contributed by atoms with Crippen molar-refractivity contribution in [1.82, 2.24) is 15.0 Å². The number of aryl methyl sites for hydroxylation is 1. The molecule has 94 valence electrons. The van der Waals surface area contributed by atoms with Gasteiger partial charge in [-0.15, -0.1) is 0 Å². The Kier molecular flexibility index (Phi) is 4.34. The molecule has 0 spiro atoms. The highest BCUT2D eigenvalue weighted by molar-refractivity contribution is 14.1. The van der Waals surface area contributed by atoms with Crippen LogP contribution in [0.5, 0.6) is 0 Å². The standard InChI is InChI=1S/C12H12ClIN4/c1-2-4-8-9(14)11(15)18-12(17-8)10-7(13)5-3-6-16-10/h3,5-6H,2,4H2,1H3,(H2,15,17,18). The summed E-state index contributed by atoms with van der Waals surface area (Å²) < 4.78 is 0.908. The summed E-state index contributed by atoms with van der Waals surface area (Å²) >= 11 is 8.26. The molecule has 18 heavy (non-hydrogen) atoms. The van der Waals surface area contributed by atoms with Crippen LogP contribution in [-0.2, 0) is 6.42 Å². The van der Waals surface area contributed by atoms with Gasteiger partial charge in [0.1, 0.15) is 11.5 Å². The zero-order chi connectivity index (χ0) is 13.1. The van der Waals surface area contributed by atoms with Crippen LogP contribution in [0.1, 0.15) is 19.0 Å². The lowest BCUT2D eigenvalue weighted by Gasteiger charge is -2.08. The molecular formula is C12H12ClIN4. The first-order valence-corrected chi connectivity index (χ1v) is 7.02. The van der Waals surface area contributed by atoms with E-state index in [9.17, 15) is 0 Å². The zero-order valence-electron chi connectivity index (χ0n) is 9.82. The molecule has 4 nitrogen and oxygen atoms in total. The number of aromatic nitrogens is 3. The Labute approximate surface area is 124 Å². The van der Waals surface area contributed by atoms with Crippen LogP contribution in [-0.4, -0.2) is 15.0 Å². The van der Waals surface area contributed by atoms with E-state index < -0.39 is 0 Å². The third-order valence-corrected chi connectivity index (χ3v) is 3.88. The average molecular weight is 375 g/mol. The average Bonchev–Trinajstić information content (AvgIpc) is 2.35. The van der Waals surface area contributed by atoms with Gasteiger partial charge >= 0.3 is 0 Å². The molecule has 0 aromatic carbocycles. The quantitative estimate of drug-likeness (QED) is 0.837. The molecule has 0 bridgehead atoms. The molecule has 0 amide bonds. The van der Waals surface area contributed by atoms with Crippen LogP contribution >= 0.6 is 34.2 Å². The van der Waals surface area contributed by atoms with Gasteiger partial charge in [-0.05, 0) is 41.1 Å². The maximum Gasteiger partial charge on any atom is 0.182 e. The van der Waals surface area contributed by atoms with Crippen LogP contribution in [0.15, 0.2) is 18.3 Å². The number of halogens is 2. The molecule has 0 aliphatic heterocycles. The van der Waals surface area contributed by atoms with Gasteiger partial charge in [0.15, 0.2) is 5.82 Å². The van der Waals surface area contributed by atoms with Crippen molar-refractivity contribution in [1.29, 1.82) is 0 Å². The Bertz CT molecular complexity index is 574. The van der Waals surface area contributed by atoms with Crippen LogP contribution < -0.4 is 5.73 Å². The van der Waals surface area contributed by atoms with E-state index in [1.54, 1.807) is 18.3 Å². The third-order valence-electron chi connectivity index (χ3n) is 2.40. The van der Waals surface area contributed by atoms with E-state index in [0.29, 0.717) is 22.4 Å². The highest BCUT2D eigenvalue weighted by atomic mass is 127. The summed E-state index contributed by atoms with van der Waals surface area (Å²) in [7, 11) is 0. The van der Waals surface area contributed by atoms with E-state index >= 15 is 0 Å². The number of nitrogens with two attached hydrogens (primary N) is 1. The minimum absolute atomic E-state index is 0.478. The molecule has 6 heteroatoms. The van der Waals surface area contributed by atoms with Gasteiger partial charge < -0.3 is 5.73 Å². The minimum Gasteiger partial charge on any atom is -0.383 e. The summed E-state index contributed by atoms with van der Waals surface area (Å²) in [5.41, 5.74) is 7.43. The van der Waals surface area contributed by atoms with Gasteiger partial charge in [-0.2, -0.15) is 0 Å². The van der Waals surface area contributed by atoms with E-state index in [4.69, 9.17) is 17.3 Å². The molecule has 2 N–H and O–H groups in total. The predicted molar refractivity (Wildman–Crippen MR) is 81.4 cm³/mol. The first-order chi connectivity index (χ1) is 8.63. The summed E-state index contributed by atoms with van der Waals surface area (Å²) in [5.74, 6) is 0.965. The molecule has 0 aliphatic carbocycles. The van der Waals surface area contributed by atoms with Crippen molar-refractivity contribution in [3.05, 3.63) is 32.6 Å². The molecule has 0 saturated heterocycles. The summed E-state index contributed by atoms with van der Waals surface area (Å²) in [6.45, 7) is 2.10. The van der Waals surface area contributed by atoms with Crippen molar-refractivity contribution in [2.75, 3.05) is 5.73 Å². The van der Waals surface area contributed by atoms with Gasteiger partial charge in [-0.3, -0.25) is 4.98 Å². The van der Waals surface area contributed by atoms with Crippen molar-refractivity contribution in [2.24, 2.45) is 0 Å². The van der Waals surface area contributed by atoms with Gasteiger partial charge in [-0.1, -0.05) is 24.9 Å². The number of nitrogens with zero attached hydrogens (tertiary/aromatic N) is 3. The van der Waals surface area contributed by atoms with E-state index in [0.717, 1.165) is 22.1 Å². The monoisotopic (exact) mass is 374 g/mol. The Balaban J connectivity index is 2.56. The lowest BCUT2D eigenvalue weighted by Crippen LogP contribution is -2.05. The summed E-state index contributed by atoms with van der Waals surface area (Å²) in [4.78, 5) is 13.0. The molecule has 0 fully saturated rings. The van der Waals surface area contributed by atoms with Crippen molar-refractivity contribution in [3.63, 3.8) is 0 Å². The second-order valence-electron chi connectivity index (χ2n) is 3.78. The molecule has 2 rings (SSSR count). The highest BCUT2D eigenvalue weighted by Crippen LogP contribution is 2.26. The largest absolute Gasteiger partial charge is 0.383 e. The van der Waals surface area contributed by atoms with Gasteiger partial charge in [0.05, 0.1) is 14.3 Å². The molecule has 0 radical (unpaired) electrons.